The molecule has 2 aromatic rings. The number of aromatic nitrogens is 2. The molecule has 1 aromatic heterocycles. The van der Waals surface area contributed by atoms with Crippen LogP contribution in [0.1, 0.15) is 75.0 Å². The fourth-order valence-corrected chi connectivity index (χ4v) is 4.56. The van der Waals surface area contributed by atoms with E-state index in [1.807, 2.05) is 17.0 Å². The molecular formula is C26H35FN4O. The number of benzene rings is 1. The molecule has 0 spiro atoms. The van der Waals surface area contributed by atoms with Crippen LogP contribution in [-0.2, 0) is 17.6 Å². The summed E-state index contributed by atoms with van der Waals surface area (Å²) < 4.78 is 14.5. The van der Waals surface area contributed by atoms with Crippen LogP contribution in [0.2, 0.25) is 0 Å². The van der Waals surface area contributed by atoms with Gasteiger partial charge in [-0.2, -0.15) is 0 Å². The van der Waals surface area contributed by atoms with Crippen LogP contribution in [0, 0.1) is 11.7 Å². The molecule has 0 N–H and O–H groups in total. The zero-order chi connectivity index (χ0) is 22.7. The van der Waals surface area contributed by atoms with E-state index in [9.17, 15) is 9.18 Å². The molecule has 1 aliphatic carbocycles. The summed E-state index contributed by atoms with van der Waals surface area (Å²) in [5.41, 5.74) is 2.69. The van der Waals surface area contributed by atoms with Crippen molar-refractivity contribution >= 4 is 11.7 Å². The molecule has 1 amide bonds. The largest absolute Gasteiger partial charge is 0.353 e. The summed E-state index contributed by atoms with van der Waals surface area (Å²) in [7, 11) is 0. The minimum atomic E-state index is -0.192. The summed E-state index contributed by atoms with van der Waals surface area (Å²) in [6.45, 7) is 9.36. The van der Waals surface area contributed by atoms with Gasteiger partial charge in [-0.25, -0.2) is 14.4 Å². The summed E-state index contributed by atoms with van der Waals surface area (Å²) in [6.07, 6.45) is 5.48. The predicted molar refractivity (Wildman–Crippen MR) is 125 cm³/mol. The maximum atomic E-state index is 14.5. The smallest absolute Gasteiger partial charge is 0.225 e. The third-order valence-corrected chi connectivity index (χ3v) is 7.15. The average molecular weight is 439 g/mol. The molecule has 172 valence electrons. The van der Waals surface area contributed by atoms with Crippen molar-refractivity contribution < 1.29 is 9.18 Å². The second-order valence-corrected chi connectivity index (χ2v) is 9.20. The van der Waals surface area contributed by atoms with Crippen LogP contribution in [0.5, 0.6) is 0 Å². The lowest BCUT2D eigenvalue weighted by atomic mass is 9.84. The number of piperazine rings is 1. The quantitative estimate of drug-likeness (QED) is 0.627. The monoisotopic (exact) mass is 438 g/mol. The number of carbonyl (C=O) groups is 1. The van der Waals surface area contributed by atoms with Crippen molar-refractivity contribution in [3.63, 3.8) is 0 Å². The van der Waals surface area contributed by atoms with E-state index in [-0.39, 0.29) is 17.7 Å². The van der Waals surface area contributed by atoms with Gasteiger partial charge in [0.15, 0.2) is 0 Å². The molecule has 2 heterocycles. The van der Waals surface area contributed by atoms with E-state index in [2.05, 4.69) is 25.7 Å². The van der Waals surface area contributed by atoms with Gasteiger partial charge < -0.3 is 9.80 Å². The maximum Gasteiger partial charge on any atom is 0.225 e. The summed E-state index contributed by atoms with van der Waals surface area (Å²) in [4.78, 5) is 26.9. The number of nitrogens with zero attached hydrogens (tertiary/aromatic N) is 4. The van der Waals surface area contributed by atoms with Gasteiger partial charge in [0.25, 0.3) is 0 Å². The molecule has 0 unspecified atom stereocenters. The van der Waals surface area contributed by atoms with Crippen LogP contribution in [0.3, 0.4) is 0 Å². The first-order valence-corrected chi connectivity index (χ1v) is 12.2. The Balaban J connectivity index is 1.64. The lowest BCUT2D eigenvalue weighted by molar-refractivity contribution is -0.138. The highest BCUT2D eigenvalue weighted by molar-refractivity contribution is 5.80. The number of hydrogen-bond donors (Lipinski definition) is 0. The molecule has 1 atom stereocenters. The summed E-state index contributed by atoms with van der Waals surface area (Å²) in [5, 5.41) is 0. The highest BCUT2D eigenvalue weighted by Gasteiger charge is 2.32. The zero-order valence-corrected chi connectivity index (χ0v) is 19.6. The second-order valence-electron chi connectivity index (χ2n) is 9.20. The fraction of sp³-hybridized carbons (Fsp3) is 0.577. The number of hydrogen-bond acceptors (Lipinski definition) is 4. The number of rotatable bonds is 7. The first-order chi connectivity index (χ1) is 15.5. The Morgan fingerprint density at radius 1 is 1.12 bits per heavy atom. The van der Waals surface area contributed by atoms with E-state index in [1.165, 1.54) is 12.5 Å². The fourth-order valence-electron chi connectivity index (χ4n) is 4.56. The Labute approximate surface area is 191 Å². The van der Waals surface area contributed by atoms with Gasteiger partial charge in [0.05, 0.1) is 0 Å². The number of amides is 1. The Hall–Kier alpha value is -2.50. The number of anilines is 1. The molecule has 2 aliphatic rings. The van der Waals surface area contributed by atoms with Gasteiger partial charge in [-0.15, -0.1) is 0 Å². The summed E-state index contributed by atoms with van der Waals surface area (Å²) in [6, 6.07) is 6.96. The minimum Gasteiger partial charge on any atom is -0.353 e. The minimum absolute atomic E-state index is 0.192. The molecule has 2 fully saturated rings. The molecule has 5 nitrogen and oxygen atoms in total. The molecule has 32 heavy (non-hydrogen) atoms. The Kier molecular flexibility index (Phi) is 7.07. The van der Waals surface area contributed by atoms with Crippen molar-refractivity contribution in [2.75, 3.05) is 31.1 Å². The average Bonchev–Trinajstić information content (AvgIpc) is 2.79. The van der Waals surface area contributed by atoms with Crippen LogP contribution in [-0.4, -0.2) is 47.0 Å². The molecule has 1 aliphatic heterocycles. The van der Waals surface area contributed by atoms with Crippen LogP contribution >= 0.6 is 0 Å². The van der Waals surface area contributed by atoms with Crippen molar-refractivity contribution in [1.82, 2.24) is 14.9 Å². The summed E-state index contributed by atoms with van der Waals surface area (Å²) >= 11 is 0. The zero-order valence-electron chi connectivity index (χ0n) is 19.6. The van der Waals surface area contributed by atoms with Crippen LogP contribution < -0.4 is 4.90 Å². The number of halogens is 1. The first-order valence-electron chi connectivity index (χ1n) is 12.2. The van der Waals surface area contributed by atoms with Crippen molar-refractivity contribution in [3.05, 3.63) is 52.7 Å². The highest BCUT2D eigenvalue weighted by atomic mass is 19.1. The van der Waals surface area contributed by atoms with Crippen LogP contribution in [0.15, 0.2) is 24.3 Å². The second kappa shape index (κ2) is 9.97. The maximum absolute atomic E-state index is 14.5. The van der Waals surface area contributed by atoms with E-state index in [1.54, 1.807) is 6.07 Å². The number of aryl methyl sites for hydroxylation is 1. The highest BCUT2D eigenvalue weighted by Crippen LogP contribution is 2.31. The SMILES string of the molecule is CCc1nc([C@H](C)CC)nc(N2CCN(C(=O)C3CCC3)CC2)c1Cc1ccccc1F. The molecule has 1 saturated heterocycles. The van der Waals surface area contributed by atoms with Crippen molar-refractivity contribution in [1.29, 1.82) is 0 Å². The van der Waals surface area contributed by atoms with Crippen LogP contribution in [0.4, 0.5) is 10.2 Å². The third-order valence-electron chi connectivity index (χ3n) is 7.15. The lowest BCUT2D eigenvalue weighted by Crippen LogP contribution is -2.51. The van der Waals surface area contributed by atoms with Crippen molar-refractivity contribution in [3.8, 4) is 0 Å². The van der Waals surface area contributed by atoms with Gasteiger partial charge >= 0.3 is 0 Å². The molecule has 4 rings (SSSR count). The van der Waals surface area contributed by atoms with Gasteiger partial charge in [0.1, 0.15) is 17.5 Å². The van der Waals surface area contributed by atoms with Crippen molar-refractivity contribution in [2.24, 2.45) is 5.92 Å². The molecule has 1 aromatic carbocycles. The predicted octanol–water partition coefficient (Wildman–Crippen LogP) is 4.73. The van der Waals surface area contributed by atoms with Crippen LogP contribution in [0.25, 0.3) is 0 Å². The standard InChI is InChI=1S/C26H35FN4O/c1-4-18(3)24-28-23(5-2)21(17-20-9-6-7-12-22(20)27)25(29-24)30-13-15-31(16-14-30)26(32)19-10-8-11-19/h6-7,9,12,18-19H,4-5,8,10-11,13-17H2,1-3H3/t18-/m1/s1. The van der Waals surface area contributed by atoms with E-state index in [4.69, 9.17) is 9.97 Å². The van der Waals surface area contributed by atoms with Gasteiger partial charge in [-0.3, -0.25) is 4.79 Å². The Morgan fingerprint density at radius 2 is 1.84 bits per heavy atom. The summed E-state index contributed by atoms with van der Waals surface area (Å²) in [5.74, 6) is 2.42. The number of carbonyl (C=O) groups excluding carboxylic acids is 1. The van der Waals surface area contributed by atoms with Gasteiger partial charge in [0, 0.05) is 55.7 Å². The van der Waals surface area contributed by atoms with E-state index < -0.39 is 0 Å². The first kappa shape index (κ1) is 22.7. The van der Waals surface area contributed by atoms with E-state index in [0.717, 1.165) is 74.8 Å². The molecular weight excluding hydrogens is 403 g/mol. The molecule has 0 bridgehead atoms. The van der Waals surface area contributed by atoms with Crippen molar-refractivity contribution in [2.45, 2.75) is 65.2 Å². The Bertz CT molecular complexity index is 951. The lowest BCUT2D eigenvalue weighted by Gasteiger charge is -2.39. The van der Waals surface area contributed by atoms with Gasteiger partial charge in [0.2, 0.25) is 5.91 Å². The topological polar surface area (TPSA) is 49.3 Å². The van der Waals surface area contributed by atoms with E-state index >= 15 is 0 Å². The normalized spacial score (nSPS) is 17.9. The molecule has 0 radical (unpaired) electrons. The van der Waals surface area contributed by atoms with Gasteiger partial charge in [-0.1, -0.05) is 45.4 Å². The Morgan fingerprint density at radius 3 is 2.44 bits per heavy atom. The van der Waals surface area contributed by atoms with E-state index in [0.29, 0.717) is 17.9 Å². The third kappa shape index (κ3) is 4.64. The molecule has 1 saturated carbocycles. The molecule has 6 heteroatoms. The van der Waals surface area contributed by atoms with Gasteiger partial charge in [-0.05, 0) is 37.3 Å².